The third kappa shape index (κ3) is 4.15. The smallest absolute Gasteiger partial charge is 0.276 e. The van der Waals surface area contributed by atoms with E-state index in [1.165, 1.54) is 11.1 Å². The van der Waals surface area contributed by atoms with Crippen LogP contribution in [0.15, 0.2) is 42.7 Å². The Bertz CT molecular complexity index is 1130. The molecular formula is C23H27N7O2. The van der Waals surface area contributed by atoms with Crippen molar-refractivity contribution in [3.05, 3.63) is 65.2 Å². The minimum Gasteiger partial charge on any atom is -0.336 e. The van der Waals surface area contributed by atoms with Crippen LogP contribution < -0.4 is 0 Å². The van der Waals surface area contributed by atoms with Gasteiger partial charge in [-0.05, 0) is 43.4 Å². The number of carbonyl (C=O) groups excluding carboxylic acids is 2. The molecule has 0 radical (unpaired) electrons. The summed E-state index contributed by atoms with van der Waals surface area (Å²) in [6.07, 6.45) is 6.26. The molecular weight excluding hydrogens is 406 g/mol. The lowest BCUT2D eigenvalue weighted by atomic mass is 10.00. The number of aromatic nitrogens is 5. The van der Waals surface area contributed by atoms with Crippen LogP contribution in [0.1, 0.15) is 40.2 Å². The van der Waals surface area contributed by atoms with Gasteiger partial charge in [-0.25, -0.2) is 4.68 Å². The van der Waals surface area contributed by atoms with Gasteiger partial charge in [-0.3, -0.25) is 14.3 Å². The summed E-state index contributed by atoms with van der Waals surface area (Å²) in [6.45, 7) is 4.69. The van der Waals surface area contributed by atoms with E-state index in [2.05, 4.69) is 27.5 Å². The number of fused-ring (bicyclic) bond motifs is 1. The van der Waals surface area contributed by atoms with Crippen LogP contribution in [-0.2, 0) is 30.8 Å². The lowest BCUT2D eigenvalue weighted by Gasteiger charge is -2.28. The zero-order valence-corrected chi connectivity index (χ0v) is 18.2. The average molecular weight is 434 g/mol. The summed E-state index contributed by atoms with van der Waals surface area (Å²) in [7, 11) is 0. The second-order valence-electron chi connectivity index (χ2n) is 8.61. The molecule has 1 aromatic carbocycles. The molecule has 0 bridgehead atoms. The number of nitrogens with zero attached hydrogens (tertiary/aromatic N) is 7. The first-order chi connectivity index (χ1) is 15.6. The molecule has 0 unspecified atom stereocenters. The van der Waals surface area contributed by atoms with Crippen LogP contribution in [0.25, 0.3) is 0 Å². The van der Waals surface area contributed by atoms with Crippen molar-refractivity contribution in [3.8, 4) is 0 Å². The zero-order valence-electron chi connectivity index (χ0n) is 18.2. The maximum atomic E-state index is 13.0. The van der Waals surface area contributed by atoms with Crippen molar-refractivity contribution < 1.29 is 9.59 Å². The zero-order chi connectivity index (χ0) is 22.1. The molecule has 0 spiro atoms. The second-order valence-corrected chi connectivity index (χ2v) is 8.61. The van der Waals surface area contributed by atoms with Crippen molar-refractivity contribution in [2.24, 2.45) is 0 Å². The second kappa shape index (κ2) is 8.57. The summed E-state index contributed by atoms with van der Waals surface area (Å²) in [5.74, 6) is -0.0434. The molecule has 9 heteroatoms. The number of benzene rings is 1. The molecule has 2 amide bonds. The van der Waals surface area contributed by atoms with E-state index in [0.717, 1.165) is 31.5 Å². The van der Waals surface area contributed by atoms with E-state index in [9.17, 15) is 9.59 Å². The lowest BCUT2D eigenvalue weighted by Crippen LogP contribution is -2.40. The molecule has 1 fully saturated rings. The summed E-state index contributed by atoms with van der Waals surface area (Å²) < 4.78 is 3.37. The van der Waals surface area contributed by atoms with Crippen LogP contribution in [0.5, 0.6) is 0 Å². The van der Waals surface area contributed by atoms with Gasteiger partial charge in [0.2, 0.25) is 5.91 Å². The topological polar surface area (TPSA) is 89.2 Å². The van der Waals surface area contributed by atoms with Gasteiger partial charge in [0, 0.05) is 25.8 Å². The summed E-state index contributed by atoms with van der Waals surface area (Å²) >= 11 is 0. The number of hydrogen-bond donors (Lipinski definition) is 0. The van der Waals surface area contributed by atoms with Crippen molar-refractivity contribution in [1.29, 1.82) is 0 Å². The van der Waals surface area contributed by atoms with E-state index in [1.54, 1.807) is 15.6 Å². The minimum absolute atomic E-state index is 0.0469. The first kappa shape index (κ1) is 20.4. The Morgan fingerprint density at radius 1 is 1.09 bits per heavy atom. The summed E-state index contributed by atoms with van der Waals surface area (Å²) in [5, 5.41) is 12.6. The van der Waals surface area contributed by atoms with E-state index in [-0.39, 0.29) is 24.4 Å². The molecule has 0 saturated carbocycles. The highest BCUT2D eigenvalue weighted by Crippen LogP contribution is 2.21. The van der Waals surface area contributed by atoms with Crippen LogP contribution in [0, 0.1) is 6.92 Å². The fraction of sp³-hybridized carbons (Fsp3) is 0.435. The highest BCUT2D eigenvalue weighted by atomic mass is 16.2. The molecule has 4 heterocycles. The number of hydrogen-bond acceptors (Lipinski definition) is 5. The number of aryl methyl sites for hydroxylation is 1. The normalized spacial score (nSPS) is 18.1. The third-order valence-corrected chi connectivity index (χ3v) is 6.34. The first-order valence-electron chi connectivity index (χ1n) is 11.1. The number of likely N-dealkylation sites (tertiary alicyclic amines) is 1. The summed E-state index contributed by atoms with van der Waals surface area (Å²) in [6, 6.07) is 10.2. The highest BCUT2D eigenvalue weighted by Gasteiger charge is 2.30. The SMILES string of the molecule is Cc1ccn(CC(=O)N2CCC[C@H]2Cn2cc(C(=O)N3CCc4ccccc4C3)nn2)n1. The van der Waals surface area contributed by atoms with Crippen LogP contribution in [0.4, 0.5) is 0 Å². The quantitative estimate of drug-likeness (QED) is 0.611. The molecule has 9 nitrogen and oxygen atoms in total. The molecule has 0 aliphatic carbocycles. The monoisotopic (exact) mass is 433 g/mol. The van der Waals surface area contributed by atoms with Crippen LogP contribution >= 0.6 is 0 Å². The predicted molar refractivity (Wildman–Crippen MR) is 117 cm³/mol. The van der Waals surface area contributed by atoms with Crippen LogP contribution in [-0.4, -0.2) is 65.5 Å². The molecule has 1 atom stereocenters. The highest BCUT2D eigenvalue weighted by molar-refractivity contribution is 5.92. The first-order valence-corrected chi connectivity index (χ1v) is 11.1. The van der Waals surface area contributed by atoms with Gasteiger partial charge in [-0.15, -0.1) is 5.10 Å². The molecule has 3 aromatic rings. The Hall–Kier alpha value is -3.49. The Morgan fingerprint density at radius 3 is 2.75 bits per heavy atom. The summed E-state index contributed by atoms with van der Waals surface area (Å²) in [4.78, 5) is 29.5. The van der Waals surface area contributed by atoms with E-state index < -0.39 is 0 Å². The molecule has 5 rings (SSSR count). The maximum Gasteiger partial charge on any atom is 0.276 e. The van der Waals surface area contributed by atoms with Gasteiger partial charge in [0.1, 0.15) is 6.54 Å². The number of carbonyl (C=O) groups is 2. The van der Waals surface area contributed by atoms with E-state index in [4.69, 9.17) is 0 Å². The van der Waals surface area contributed by atoms with Crippen LogP contribution in [0.2, 0.25) is 0 Å². The molecule has 1 saturated heterocycles. The molecule has 2 aromatic heterocycles. The standard InChI is InChI=1S/C23H27N7O2/c1-17-8-12-28(25-17)16-22(31)30-10-4-7-20(30)14-29-15-21(24-26-29)23(32)27-11-9-18-5-2-3-6-19(18)13-27/h2-3,5-6,8,12,15,20H,4,7,9-11,13-14,16H2,1H3/t20-/m0/s1. The van der Waals surface area contributed by atoms with Crippen molar-refractivity contribution in [1.82, 2.24) is 34.6 Å². The van der Waals surface area contributed by atoms with Crippen molar-refractivity contribution in [2.75, 3.05) is 13.1 Å². The molecule has 2 aliphatic heterocycles. The molecule has 2 aliphatic rings. The van der Waals surface area contributed by atoms with Crippen molar-refractivity contribution >= 4 is 11.8 Å². The van der Waals surface area contributed by atoms with E-state index >= 15 is 0 Å². The fourth-order valence-corrected chi connectivity index (χ4v) is 4.67. The van der Waals surface area contributed by atoms with Crippen LogP contribution in [0.3, 0.4) is 0 Å². The average Bonchev–Trinajstić information content (AvgIpc) is 3.55. The van der Waals surface area contributed by atoms with Gasteiger partial charge >= 0.3 is 0 Å². The third-order valence-electron chi connectivity index (χ3n) is 6.34. The van der Waals surface area contributed by atoms with E-state index in [0.29, 0.717) is 25.3 Å². The van der Waals surface area contributed by atoms with Crippen molar-refractivity contribution in [2.45, 2.75) is 51.9 Å². The Balaban J connectivity index is 1.22. The minimum atomic E-state index is -0.0980. The molecule has 32 heavy (non-hydrogen) atoms. The van der Waals surface area contributed by atoms with Gasteiger partial charge in [0.05, 0.1) is 24.5 Å². The maximum absolute atomic E-state index is 13.0. The Morgan fingerprint density at radius 2 is 1.94 bits per heavy atom. The predicted octanol–water partition coefficient (Wildman–Crippen LogP) is 1.67. The van der Waals surface area contributed by atoms with Gasteiger partial charge in [-0.1, -0.05) is 29.5 Å². The lowest BCUT2D eigenvalue weighted by molar-refractivity contribution is -0.133. The van der Waals surface area contributed by atoms with E-state index in [1.807, 2.05) is 41.1 Å². The van der Waals surface area contributed by atoms with Gasteiger partial charge in [-0.2, -0.15) is 5.10 Å². The number of amides is 2. The molecule has 0 N–H and O–H groups in total. The fourth-order valence-electron chi connectivity index (χ4n) is 4.67. The Kier molecular flexibility index (Phi) is 5.46. The van der Waals surface area contributed by atoms with Gasteiger partial charge < -0.3 is 9.80 Å². The summed E-state index contributed by atoms with van der Waals surface area (Å²) in [5.41, 5.74) is 3.74. The van der Waals surface area contributed by atoms with Gasteiger partial charge in [0.25, 0.3) is 5.91 Å². The number of rotatable bonds is 5. The Labute approximate surface area is 186 Å². The van der Waals surface area contributed by atoms with Crippen molar-refractivity contribution in [3.63, 3.8) is 0 Å². The largest absolute Gasteiger partial charge is 0.336 e. The molecule has 166 valence electrons. The van der Waals surface area contributed by atoms with Gasteiger partial charge in [0.15, 0.2) is 5.69 Å².